The van der Waals surface area contributed by atoms with Crippen LogP contribution in [0.3, 0.4) is 0 Å². The minimum absolute atomic E-state index is 0.485. The summed E-state index contributed by atoms with van der Waals surface area (Å²) in [6.07, 6.45) is 11.6. The van der Waals surface area contributed by atoms with E-state index in [-0.39, 0.29) is 0 Å². The Bertz CT molecular complexity index is 283. The second kappa shape index (κ2) is 6.81. The molecule has 0 saturated heterocycles. The number of hydrogen-bond acceptors (Lipinski definition) is 1. The predicted molar refractivity (Wildman–Crippen MR) is 88.6 cm³/mol. The molecule has 0 heterocycles. The van der Waals surface area contributed by atoms with Crippen molar-refractivity contribution in [3.63, 3.8) is 0 Å². The molecule has 1 nitrogen and oxygen atoms in total. The Morgan fingerprint density at radius 3 is 2.10 bits per heavy atom. The molecule has 0 radical (unpaired) electrons. The zero-order chi connectivity index (χ0) is 14.8. The van der Waals surface area contributed by atoms with E-state index in [2.05, 4.69) is 27.7 Å². The lowest BCUT2D eigenvalue weighted by atomic mass is 9.60. The highest BCUT2D eigenvalue weighted by Gasteiger charge is 2.39. The SMILES string of the molecule is CCC1CCC(C2CC(C(C)(C)C)CCC2CN)CC1. The molecule has 118 valence electrons. The van der Waals surface area contributed by atoms with Crippen molar-refractivity contribution in [1.82, 2.24) is 0 Å². The van der Waals surface area contributed by atoms with Crippen LogP contribution in [-0.2, 0) is 0 Å². The Kier molecular flexibility index (Phi) is 5.56. The Morgan fingerprint density at radius 2 is 1.60 bits per heavy atom. The van der Waals surface area contributed by atoms with Crippen molar-refractivity contribution in [2.75, 3.05) is 6.54 Å². The third-order valence-corrected chi connectivity index (χ3v) is 6.65. The molecule has 0 aliphatic heterocycles. The van der Waals surface area contributed by atoms with Crippen molar-refractivity contribution in [3.05, 3.63) is 0 Å². The first kappa shape index (κ1) is 16.3. The summed E-state index contributed by atoms with van der Waals surface area (Å²) in [5.41, 5.74) is 6.59. The molecule has 2 N–H and O–H groups in total. The lowest BCUT2D eigenvalue weighted by Gasteiger charge is -2.46. The fraction of sp³-hybridized carbons (Fsp3) is 1.00. The van der Waals surface area contributed by atoms with Gasteiger partial charge in [-0.1, -0.05) is 47.0 Å². The van der Waals surface area contributed by atoms with Gasteiger partial charge in [0, 0.05) is 0 Å². The van der Waals surface area contributed by atoms with Gasteiger partial charge in [-0.3, -0.25) is 0 Å². The molecule has 0 spiro atoms. The molecule has 0 bridgehead atoms. The van der Waals surface area contributed by atoms with Gasteiger partial charge in [0.25, 0.3) is 0 Å². The van der Waals surface area contributed by atoms with Crippen LogP contribution in [0.15, 0.2) is 0 Å². The Hall–Kier alpha value is -0.0400. The molecule has 0 aromatic rings. The van der Waals surface area contributed by atoms with Crippen molar-refractivity contribution in [2.45, 2.75) is 79.1 Å². The van der Waals surface area contributed by atoms with E-state index in [1.54, 1.807) is 0 Å². The summed E-state index contributed by atoms with van der Waals surface area (Å²) >= 11 is 0. The van der Waals surface area contributed by atoms with Gasteiger partial charge in [0.05, 0.1) is 0 Å². The molecular weight excluding hydrogens is 242 g/mol. The Morgan fingerprint density at radius 1 is 0.950 bits per heavy atom. The highest BCUT2D eigenvalue weighted by molar-refractivity contribution is 4.90. The summed E-state index contributed by atoms with van der Waals surface area (Å²) in [6.45, 7) is 10.6. The standard InChI is InChI=1S/C19H37N/c1-5-14-6-8-15(9-7-14)18-12-17(19(2,3)4)11-10-16(18)13-20/h14-18H,5-13,20H2,1-4H3. The van der Waals surface area contributed by atoms with Crippen LogP contribution in [0.1, 0.15) is 79.1 Å². The van der Waals surface area contributed by atoms with Gasteiger partial charge in [-0.15, -0.1) is 0 Å². The van der Waals surface area contributed by atoms with Gasteiger partial charge in [-0.25, -0.2) is 0 Å². The Balaban J connectivity index is 1.99. The average molecular weight is 280 g/mol. The van der Waals surface area contributed by atoms with Crippen molar-refractivity contribution in [3.8, 4) is 0 Å². The monoisotopic (exact) mass is 279 g/mol. The highest BCUT2D eigenvalue weighted by atomic mass is 14.6. The van der Waals surface area contributed by atoms with Crippen LogP contribution in [0.2, 0.25) is 0 Å². The van der Waals surface area contributed by atoms with Crippen LogP contribution in [0.25, 0.3) is 0 Å². The summed E-state index contributed by atoms with van der Waals surface area (Å²) < 4.78 is 0. The first-order chi connectivity index (χ1) is 9.45. The van der Waals surface area contributed by atoms with E-state index in [1.807, 2.05) is 0 Å². The molecule has 1 heteroatoms. The normalized spacial score (nSPS) is 39.8. The van der Waals surface area contributed by atoms with Crippen LogP contribution < -0.4 is 5.73 Å². The van der Waals surface area contributed by atoms with Crippen LogP contribution in [0, 0.1) is 35.0 Å². The molecule has 2 aliphatic carbocycles. The number of nitrogens with two attached hydrogens (primary N) is 1. The van der Waals surface area contributed by atoms with E-state index in [0.717, 1.165) is 36.1 Å². The largest absolute Gasteiger partial charge is 0.330 e. The third kappa shape index (κ3) is 3.78. The van der Waals surface area contributed by atoms with E-state index >= 15 is 0 Å². The van der Waals surface area contributed by atoms with E-state index < -0.39 is 0 Å². The topological polar surface area (TPSA) is 26.0 Å². The fourth-order valence-electron chi connectivity index (χ4n) is 4.95. The second-order valence-electron chi connectivity index (χ2n) is 8.72. The van der Waals surface area contributed by atoms with Crippen molar-refractivity contribution in [2.24, 2.45) is 40.7 Å². The van der Waals surface area contributed by atoms with Crippen molar-refractivity contribution >= 4 is 0 Å². The van der Waals surface area contributed by atoms with Gasteiger partial charge >= 0.3 is 0 Å². The average Bonchev–Trinajstić information content (AvgIpc) is 2.45. The maximum Gasteiger partial charge on any atom is -0.00461 e. The first-order valence-corrected chi connectivity index (χ1v) is 9.15. The zero-order valence-corrected chi connectivity index (χ0v) is 14.3. The quantitative estimate of drug-likeness (QED) is 0.751. The van der Waals surface area contributed by atoms with E-state index in [1.165, 1.54) is 51.4 Å². The van der Waals surface area contributed by atoms with Gasteiger partial charge in [-0.05, 0) is 73.7 Å². The number of rotatable bonds is 3. The predicted octanol–water partition coefficient (Wildman–Crippen LogP) is 5.24. The summed E-state index contributed by atoms with van der Waals surface area (Å²) in [5.74, 6) is 4.66. The van der Waals surface area contributed by atoms with Crippen LogP contribution in [0.5, 0.6) is 0 Å². The molecule has 2 saturated carbocycles. The summed E-state index contributed by atoms with van der Waals surface area (Å²) in [4.78, 5) is 0. The maximum atomic E-state index is 6.11. The van der Waals surface area contributed by atoms with Crippen LogP contribution in [0.4, 0.5) is 0 Å². The highest BCUT2D eigenvalue weighted by Crippen LogP contribution is 2.48. The van der Waals surface area contributed by atoms with Gasteiger partial charge in [-0.2, -0.15) is 0 Å². The lowest BCUT2D eigenvalue weighted by Crippen LogP contribution is -2.39. The molecule has 0 aromatic heterocycles. The molecule has 2 rings (SSSR count). The summed E-state index contributed by atoms with van der Waals surface area (Å²) in [7, 11) is 0. The van der Waals surface area contributed by atoms with E-state index in [9.17, 15) is 0 Å². The molecule has 20 heavy (non-hydrogen) atoms. The van der Waals surface area contributed by atoms with Gasteiger partial charge in [0.2, 0.25) is 0 Å². The summed E-state index contributed by atoms with van der Waals surface area (Å²) in [5, 5.41) is 0. The molecule has 3 atom stereocenters. The van der Waals surface area contributed by atoms with Crippen molar-refractivity contribution in [1.29, 1.82) is 0 Å². The zero-order valence-electron chi connectivity index (χ0n) is 14.3. The van der Waals surface area contributed by atoms with Crippen LogP contribution >= 0.6 is 0 Å². The van der Waals surface area contributed by atoms with Gasteiger partial charge < -0.3 is 5.73 Å². The van der Waals surface area contributed by atoms with Crippen LogP contribution in [-0.4, -0.2) is 6.54 Å². The molecule has 0 aromatic carbocycles. The molecule has 0 amide bonds. The molecule has 2 aliphatic rings. The maximum absolute atomic E-state index is 6.11. The van der Waals surface area contributed by atoms with Gasteiger partial charge in [0.15, 0.2) is 0 Å². The smallest absolute Gasteiger partial charge is 0.00461 e. The fourth-order valence-corrected chi connectivity index (χ4v) is 4.95. The number of hydrogen-bond donors (Lipinski definition) is 1. The Labute approximate surface area is 127 Å². The molecular formula is C19H37N. The molecule has 3 unspecified atom stereocenters. The van der Waals surface area contributed by atoms with Crippen molar-refractivity contribution < 1.29 is 0 Å². The summed E-state index contributed by atoms with van der Waals surface area (Å²) in [6, 6.07) is 0. The minimum Gasteiger partial charge on any atom is -0.330 e. The second-order valence-corrected chi connectivity index (χ2v) is 8.72. The lowest BCUT2D eigenvalue weighted by molar-refractivity contribution is 0.0476. The molecule has 2 fully saturated rings. The van der Waals surface area contributed by atoms with E-state index in [4.69, 9.17) is 5.73 Å². The first-order valence-electron chi connectivity index (χ1n) is 9.15. The third-order valence-electron chi connectivity index (χ3n) is 6.65. The minimum atomic E-state index is 0.485. The van der Waals surface area contributed by atoms with E-state index in [0.29, 0.717) is 5.41 Å². The van der Waals surface area contributed by atoms with Gasteiger partial charge in [0.1, 0.15) is 0 Å².